The van der Waals surface area contributed by atoms with Crippen molar-refractivity contribution >= 4 is 23.2 Å². The lowest BCUT2D eigenvalue weighted by Crippen LogP contribution is -2.40. The summed E-state index contributed by atoms with van der Waals surface area (Å²) >= 11 is 6.10. The molecule has 1 aliphatic heterocycles. The van der Waals surface area contributed by atoms with Crippen LogP contribution in [0, 0.1) is 23.0 Å². The Morgan fingerprint density at radius 3 is 2.52 bits per heavy atom. The maximum atomic E-state index is 12.5. The molecule has 0 saturated carbocycles. The third-order valence-corrected chi connectivity index (χ3v) is 4.35. The maximum Gasteiger partial charge on any atom is 0.270 e. The molecule has 2 rings (SSSR count). The monoisotopic (exact) mass is 310 g/mol. The third kappa shape index (κ3) is 3.73. The van der Waals surface area contributed by atoms with E-state index in [1.807, 2.05) is 6.92 Å². The number of piperidine rings is 1. The molecule has 0 bridgehead atoms. The van der Waals surface area contributed by atoms with Crippen molar-refractivity contribution in [1.29, 1.82) is 0 Å². The lowest BCUT2D eigenvalue weighted by atomic mass is 9.93. The van der Waals surface area contributed by atoms with E-state index in [2.05, 4.69) is 0 Å². The second kappa shape index (κ2) is 6.43. The van der Waals surface area contributed by atoms with Gasteiger partial charge in [0.2, 0.25) is 0 Å². The van der Waals surface area contributed by atoms with Crippen molar-refractivity contribution in [3.8, 4) is 0 Å². The molecule has 1 fully saturated rings. The lowest BCUT2D eigenvalue weighted by Gasteiger charge is -2.33. The zero-order valence-corrected chi connectivity index (χ0v) is 13.0. The molecule has 0 spiro atoms. The average Bonchev–Trinajstić information content (AvgIpc) is 2.45. The highest BCUT2D eigenvalue weighted by molar-refractivity contribution is 6.20. The third-order valence-electron chi connectivity index (χ3n) is 4.00. The minimum atomic E-state index is -0.467. The van der Waals surface area contributed by atoms with Crippen LogP contribution in [0.2, 0.25) is 0 Å². The molecule has 0 radical (unpaired) electrons. The number of amides is 1. The fourth-order valence-corrected chi connectivity index (χ4v) is 2.99. The van der Waals surface area contributed by atoms with Gasteiger partial charge in [0.25, 0.3) is 11.6 Å². The Morgan fingerprint density at radius 2 is 2.00 bits per heavy atom. The average molecular weight is 311 g/mol. The Balaban J connectivity index is 2.12. The van der Waals surface area contributed by atoms with Crippen molar-refractivity contribution in [2.75, 3.05) is 13.1 Å². The van der Waals surface area contributed by atoms with Crippen LogP contribution in [0.4, 0.5) is 5.69 Å². The molecule has 6 heteroatoms. The molecule has 21 heavy (non-hydrogen) atoms. The van der Waals surface area contributed by atoms with Gasteiger partial charge in [-0.1, -0.05) is 0 Å². The largest absolute Gasteiger partial charge is 0.339 e. The first-order chi connectivity index (χ1) is 9.88. The summed E-state index contributed by atoms with van der Waals surface area (Å²) in [5.41, 5.74) is 1.07. The van der Waals surface area contributed by atoms with Gasteiger partial charge in [0.15, 0.2) is 0 Å². The van der Waals surface area contributed by atoms with Gasteiger partial charge in [0, 0.05) is 36.2 Å². The van der Waals surface area contributed by atoms with E-state index in [1.165, 1.54) is 12.1 Å². The van der Waals surface area contributed by atoms with Gasteiger partial charge in [-0.05, 0) is 44.2 Å². The van der Waals surface area contributed by atoms with Crippen LogP contribution in [0.1, 0.15) is 35.7 Å². The number of carbonyl (C=O) groups excluding carboxylic acids is 1. The summed E-state index contributed by atoms with van der Waals surface area (Å²) in [6.45, 7) is 5.05. The molecular weight excluding hydrogens is 292 g/mol. The van der Waals surface area contributed by atoms with Crippen molar-refractivity contribution in [2.24, 2.45) is 5.92 Å². The van der Waals surface area contributed by atoms with Gasteiger partial charge in [-0.3, -0.25) is 14.9 Å². The fraction of sp³-hybridized carbons (Fsp3) is 0.533. The Hall–Kier alpha value is -1.62. The van der Waals surface area contributed by atoms with Gasteiger partial charge in [0.05, 0.1) is 4.92 Å². The van der Waals surface area contributed by atoms with Crippen LogP contribution in [0.3, 0.4) is 0 Å². The number of nitro benzene ring substituents is 1. The number of hydrogen-bond donors (Lipinski definition) is 0. The number of non-ortho nitro benzene ring substituents is 1. The Morgan fingerprint density at radius 1 is 1.38 bits per heavy atom. The van der Waals surface area contributed by atoms with Crippen LogP contribution in [-0.4, -0.2) is 34.2 Å². The van der Waals surface area contributed by atoms with Crippen LogP contribution in [0.25, 0.3) is 0 Å². The maximum absolute atomic E-state index is 12.5. The summed E-state index contributed by atoms with van der Waals surface area (Å²) in [7, 11) is 0. The van der Waals surface area contributed by atoms with Gasteiger partial charge in [0.1, 0.15) is 0 Å². The van der Waals surface area contributed by atoms with E-state index in [0.717, 1.165) is 18.4 Å². The second-order valence-corrected chi connectivity index (χ2v) is 6.31. The van der Waals surface area contributed by atoms with E-state index in [9.17, 15) is 14.9 Å². The zero-order chi connectivity index (χ0) is 15.6. The summed E-state index contributed by atoms with van der Waals surface area (Å²) in [5, 5.41) is 11.0. The summed E-state index contributed by atoms with van der Waals surface area (Å²) in [6.07, 6.45) is 1.76. The molecule has 114 valence electrons. The lowest BCUT2D eigenvalue weighted by molar-refractivity contribution is -0.384. The Labute approximate surface area is 129 Å². The van der Waals surface area contributed by atoms with Crippen molar-refractivity contribution in [3.05, 3.63) is 39.4 Å². The first kappa shape index (κ1) is 15.8. The van der Waals surface area contributed by atoms with Crippen molar-refractivity contribution in [1.82, 2.24) is 4.90 Å². The number of carbonyl (C=O) groups is 1. The van der Waals surface area contributed by atoms with Gasteiger partial charge in [-0.15, -0.1) is 11.6 Å². The molecule has 1 aromatic carbocycles. The molecule has 1 heterocycles. The predicted octanol–water partition coefficient (Wildman–Crippen LogP) is 3.38. The highest BCUT2D eigenvalue weighted by Gasteiger charge is 2.26. The molecule has 1 atom stereocenters. The van der Waals surface area contributed by atoms with Crippen LogP contribution >= 0.6 is 11.6 Å². The number of alkyl halides is 1. The number of benzene rings is 1. The summed E-state index contributed by atoms with van der Waals surface area (Å²) < 4.78 is 0. The van der Waals surface area contributed by atoms with E-state index < -0.39 is 4.92 Å². The molecule has 0 N–H and O–H groups in total. The number of hydrogen-bond acceptors (Lipinski definition) is 3. The predicted molar refractivity (Wildman–Crippen MR) is 81.8 cm³/mol. The smallest absolute Gasteiger partial charge is 0.270 e. The molecule has 1 saturated heterocycles. The van der Waals surface area contributed by atoms with Crippen molar-refractivity contribution in [3.63, 3.8) is 0 Å². The molecule has 1 aliphatic rings. The summed E-state index contributed by atoms with van der Waals surface area (Å²) in [6, 6.07) is 4.52. The van der Waals surface area contributed by atoms with Crippen LogP contribution < -0.4 is 0 Å². The number of rotatable bonds is 3. The normalized spacial score (nSPS) is 17.6. The molecular formula is C15H19ClN2O3. The molecule has 5 nitrogen and oxygen atoms in total. The first-order valence-electron chi connectivity index (χ1n) is 7.08. The van der Waals surface area contributed by atoms with E-state index >= 15 is 0 Å². The standard InChI is InChI=1S/C15H19ClN2O3/c1-10-7-13(9-14(8-10)18(20)21)15(19)17-5-3-12(4-6-17)11(2)16/h7-9,11-12H,3-6H2,1-2H3. The molecule has 1 amide bonds. The van der Waals surface area contributed by atoms with Gasteiger partial charge in [-0.2, -0.15) is 0 Å². The van der Waals surface area contributed by atoms with Crippen LogP contribution in [0.5, 0.6) is 0 Å². The number of halogens is 1. The van der Waals surface area contributed by atoms with E-state index in [1.54, 1.807) is 17.9 Å². The first-order valence-corrected chi connectivity index (χ1v) is 7.51. The molecule has 0 aliphatic carbocycles. The summed E-state index contributed by atoms with van der Waals surface area (Å²) in [4.78, 5) is 24.7. The zero-order valence-electron chi connectivity index (χ0n) is 12.2. The minimum absolute atomic E-state index is 0.0392. The molecule has 1 aromatic rings. The number of nitro groups is 1. The van der Waals surface area contributed by atoms with Crippen molar-refractivity contribution in [2.45, 2.75) is 32.1 Å². The van der Waals surface area contributed by atoms with Crippen LogP contribution in [0.15, 0.2) is 18.2 Å². The van der Waals surface area contributed by atoms with E-state index in [0.29, 0.717) is 24.6 Å². The molecule has 1 unspecified atom stereocenters. The van der Waals surface area contributed by atoms with Gasteiger partial charge >= 0.3 is 0 Å². The molecule has 0 aromatic heterocycles. The fourth-order valence-electron chi connectivity index (χ4n) is 2.74. The Bertz CT molecular complexity index is 552. The highest BCUT2D eigenvalue weighted by Crippen LogP contribution is 2.25. The highest BCUT2D eigenvalue weighted by atomic mass is 35.5. The van der Waals surface area contributed by atoms with E-state index in [4.69, 9.17) is 11.6 Å². The topological polar surface area (TPSA) is 63.5 Å². The quantitative estimate of drug-likeness (QED) is 0.488. The second-order valence-electron chi connectivity index (χ2n) is 5.62. The number of likely N-dealkylation sites (tertiary alicyclic amines) is 1. The van der Waals surface area contributed by atoms with E-state index in [-0.39, 0.29) is 17.0 Å². The summed E-state index contributed by atoms with van der Waals surface area (Å²) in [5.74, 6) is 0.296. The Kier molecular flexibility index (Phi) is 4.83. The number of aryl methyl sites for hydroxylation is 1. The minimum Gasteiger partial charge on any atom is -0.339 e. The number of nitrogens with zero attached hydrogens (tertiary/aromatic N) is 2. The van der Waals surface area contributed by atoms with Crippen molar-refractivity contribution < 1.29 is 9.72 Å². The SMILES string of the molecule is Cc1cc(C(=O)N2CCC(C(C)Cl)CC2)cc([N+](=O)[O-])c1. The van der Waals surface area contributed by atoms with Gasteiger partial charge in [-0.25, -0.2) is 0 Å². The van der Waals surface area contributed by atoms with Crippen LogP contribution in [-0.2, 0) is 0 Å². The van der Waals surface area contributed by atoms with Gasteiger partial charge < -0.3 is 4.90 Å².